The number of hydrogen-bond donors (Lipinski definition) is 1. The van der Waals surface area contributed by atoms with E-state index in [4.69, 9.17) is 0 Å². The Labute approximate surface area is 179 Å². The SMILES string of the molecule is C[C@@H]1CCc2c(sc(NC(=O)[C@H](Sc3ccccc3)c3ccccc3)c2C#N)C1. The maximum atomic E-state index is 13.3. The number of benzene rings is 2. The van der Waals surface area contributed by atoms with Crippen LogP contribution in [0.4, 0.5) is 5.00 Å². The second-order valence-corrected chi connectivity index (χ2v) is 9.66. The molecule has 1 amide bonds. The number of rotatable bonds is 5. The number of thioether (sulfide) groups is 1. The summed E-state index contributed by atoms with van der Waals surface area (Å²) < 4.78 is 0. The molecule has 1 aliphatic carbocycles. The molecule has 2 atom stereocenters. The van der Waals surface area contributed by atoms with Crippen molar-refractivity contribution in [3.8, 4) is 6.07 Å². The van der Waals surface area contributed by atoms with Gasteiger partial charge in [0.1, 0.15) is 16.3 Å². The quantitative estimate of drug-likeness (QED) is 0.501. The number of nitriles is 1. The second kappa shape index (κ2) is 8.86. The Bertz CT molecular complexity index is 1040. The summed E-state index contributed by atoms with van der Waals surface area (Å²) in [4.78, 5) is 15.6. The number of anilines is 1. The molecule has 1 aliphatic rings. The summed E-state index contributed by atoms with van der Waals surface area (Å²) in [6.07, 6.45) is 3.01. The molecule has 0 saturated heterocycles. The molecule has 0 saturated carbocycles. The van der Waals surface area contributed by atoms with Crippen LogP contribution >= 0.6 is 23.1 Å². The van der Waals surface area contributed by atoms with Crippen molar-refractivity contribution in [2.75, 3.05) is 5.32 Å². The number of nitrogens with one attached hydrogen (secondary N) is 1. The summed E-state index contributed by atoms with van der Waals surface area (Å²) in [5, 5.41) is 13.1. The van der Waals surface area contributed by atoms with Gasteiger partial charge in [-0.05, 0) is 48.4 Å². The molecular formula is C24H22N2OS2. The van der Waals surface area contributed by atoms with Crippen molar-refractivity contribution >= 4 is 34.0 Å². The van der Waals surface area contributed by atoms with Crippen molar-refractivity contribution in [1.29, 1.82) is 5.26 Å². The van der Waals surface area contributed by atoms with Gasteiger partial charge in [0.2, 0.25) is 5.91 Å². The zero-order valence-corrected chi connectivity index (χ0v) is 17.9. The van der Waals surface area contributed by atoms with Crippen LogP contribution in [-0.2, 0) is 17.6 Å². The lowest BCUT2D eigenvalue weighted by atomic mass is 9.88. The number of thiophene rings is 1. The van der Waals surface area contributed by atoms with Crippen LogP contribution in [0.15, 0.2) is 65.6 Å². The molecule has 29 heavy (non-hydrogen) atoms. The summed E-state index contributed by atoms with van der Waals surface area (Å²) in [6.45, 7) is 2.24. The first kappa shape index (κ1) is 19.8. The Morgan fingerprint density at radius 1 is 1.17 bits per heavy atom. The molecule has 3 nitrogen and oxygen atoms in total. The van der Waals surface area contributed by atoms with Crippen molar-refractivity contribution in [2.24, 2.45) is 5.92 Å². The average Bonchev–Trinajstić information content (AvgIpc) is 3.09. The van der Waals surface area contributed by atoms with E-state index in [1.54, 1.807) is 11.3 Å². The molecule has 0 spiro atoms. The van der Waals surface area contributed by atoms with Crippen LogP contribution in [0.3, 0.4) is 0 Å². The number of nitrogens with zero attached hydrogens (tertiary/aromatic N) is 1. The summed E-state index contributed by atoms with van der Waals surface area (Å²) in [7, 11) is 0. The standard InChI is InChI=1S/C24H22N2OS2/c1-16-12-13-19-20(15-25)24(29-21(19)14-16)26-23(27)22(17-8-4-2-5-9-17)28-18-10-6-3-7-11-18/h2-11,16,22H,12-14H2,1H3,(H,26,27)/t16-,22-/m1/s1. The molecule has 2 aromatic carbocycles. The van der Waals surface area contributed by atoms with Crippen LogP contribution in [0.25, 0.3) is 0 Å². The molecule has 4 rings (SSSR count). The zero-order valence-electron chi connectivity index (χ0n) is 16.2. The van der Waals surface area contributed by atoms with Gasteiger partial charge in [-0.2, -0.15) is 5.26 Å². The highest BCUT2D eigenvalue weighted by atomic mass is 32.2. The number of carbonyl (C=O) groups is 1. The number of carbonyl (C=O) groups excluding carboxylic acids is 1. The molecule has 5 heteroatoms. The van der Waals surface area contributed by atoms with Crippen LogP contribution < -0.4 is 5.32 Å². The van der Waals surface area contributed by atoms with Gasteiger partial charge in [0.15, 0.2) is 0 Å². The minimum Gasteiger partial charge on any atom is -0.315 e. The number of amides is 1. The second-order valence-electron chi connectivity index (χ2n) is 7.38. The molecule has 0 unspecified atom stereocenters. The zero-order chi connectivity index (χ0) is 20.2. The number of fused-ring (bicyclic) bond motifs is 1. The Hall–Kier alpha value is -2.55. The van der Waals surface area contributed by atoms with Gasteiger partial charge in [0, 0.05) is 9.77 Å². The highest BCUT2D eigenvalue weighted by molar-refractivity contribution is 8.00. The Morgan fingerprint density at radius 3 is 2.55 bits per heavy atom. The molecule has 1 aromatic heterocycles. The van der Waals surface area contributed by atoms with Crippen LogP contribution in [0.2, 0.25) is 0 Å². The first-order valence-corrected chi connectivity index (χ1v) is 11.5. The maximum Gasteiger partial charge on any atom is 0.243 e. The van der Waals surface area contributed by atoms with E-state index in [1.165, 1.54) is 16.6 Å². The molecule has 1 heterocycles. The van der Waals surface area contributed by atoms with Gasteiger partial charge in [0.05, 0.1) is 5.56 Å². The van der Waals surface area contributed by atoms with Crippen molar-refractivity contribution in [3.63, 3.8) is 0 Å². The fourth-order valence-corrected chi connectivity index (χ4v) is 6.08. The monoisotopic (exact) mass is 418 g/mol. The molecule has 0 fully saturated rings. The van der Waals surface area contributed by atoms with Crippen molar-refractivity contribution < 1.29 is 4.79 Å². The summed E-state index contributed by atoms with van der Waals surface area (Å²) in [5.41, 5.74) is 2.74. The van der Waals surface area contributed by atoms with Crippen LogP contribution in [0.1, 0.15) is 40.2 Å². The third-order valence-electron chi connectivity index (χ3n) is 5.20. The van der Waals surface area contributed by atoms with E-state index in [-0.39, 0.29) is 11.2 Å². The van der Waals surface area contributed by atoms with Crippen molar-refractivity contribution in [1.82, 2.24) is 0 Å². The Morgan fingerprint density at radius 2 is 1.86 bits per heavy atom. The van der Waals surface area contributed by atoms with Gasteiger partial charge < -0.3 is 5.32 Å². The fraction of sp³-hybridized carbons (Fsp3) is 0.250. The largest absolute Gasteiger partial charge is 0.315 e. The minimum absolute atomic E-state index is 0.0896. The van der Waals surface area contributed by atoms with Crippen LogP contribution in [-0.4, -0.2) is 5.91 Å². The molecular weight excluding hydrogens is 396 g/mol. The van der Waals surface area contributed by atoms with Gasteiger partial charge in [-0.15, -0.1) is 23.1 Å². The van der Waals surface area contributed by atoms with Gasteiger partial charge in [0.25, 0.3) is 0 Å². The smallest absolute Gasteiger partial charge is 0.243 e. The van der Waals surface area contributed by atoms with Gasteiger partial charge in [-0.1, -0.05) is 55.5 Å². The third kappa shape index (κ3) is 4.39. The lowest BCUT2D eigenvalue weighted by Gasteiger charge is -2.17. The first-order valence-electron chi connectivity index (χ1n) is 9.78. The van der Waals surface area contributed by atoms with E-state index in [0.717, 1.165) is 35.3 Å². The highest BCUT2D eigenvalue weighted by Crippen LogP contribution is 2.41. The lowest BCUT2D eigenvalue weighted by molar-refractivity contribution is -0.115. The minimum atomic E-state index is -0.386. The van der Waals surface area contributed by atoms with E-state index < -0.39 is 0 Å². The van der Waals surface area contributed by atoms with E-state index in [0.29, 0.717) is 16.5 Å². The topological polar surface area (TPSA) is 52.9 Å². The van der Waals surface area contributed by atoms with E-state index >= 15 is 0 Å². The summed E-state index contributed by atoms with van der Waals surface area (Å²) in [6, 6.07) is 22.1. The maximum absolute atomic E-state index is 13.3. The van der Waals surface area contributed by atoms with Gasteiger partial charge in [-0.25, -0.2) is 0 Å². The average molecular weight is 419 g/mol. The van der Waals surface area contributed by atoms with E-state index in [9.17, 15) is 10.1 Å². The fourth-order valence-electron chi connectivity index (χ4n) is 3.67. The predicted octanol–water partition coefficient (Wildman–Crippen LogP) is 6.22. The molecule has 0 radical (unpaired) electrons. The van der Waals surface area contributed by atoms with Gasteiger partial charge in [-0.3, -0.25) is 4.79 Å². The summed E-state index contributed by atoms with van der Waals surface area (Å²) in [5.74, 6) is 0.537. The molecule has 146 valence electrons. The Kier molecular flexibility index (Phi) is 6.03. The molecule has 3 aromatic rings. The van der Waals surface area contributed by atoms with E-state index in [2.05, 4.69) is 18.3 Å². The third-order valence-corrected chi connectivity index (χ3v) is 7.63. The highest BCUT2D eigenvalue weighted by Gasteiger charge is 2.27. The normalized spacial score (nSPS) is 16.5. The molecule has 0 aliphatic heterocycles. The molecule has 0 bridgehead atoms. The lowest BCUT2D eigenvalue weighted by Crippen LogP contribution is -2.19. The van der Waals surface area contributed by atoms with E-state index in [1.807, 2.05) is 60.7 Å². The van der Waals surface area contributed by atoms with Crippen LogP contribution in [0, 0.1) is 17.2 Å². The first-order chi connectivity index (χ1) is 14.2. The predicted molar refractivity (Wildman–Crippen MR) is 120 cm³/mol. The van der Waals surface area contributed by atoms with Crippen molar-refractivity contribution in [2.45, 2.75) is 36.3 Å². The molecule has 1 N–H and O–H groups in total. The van der Waals surface area contributed by atoms with Gasteiger partial charge >= 0.3 is 0 Å². The van der Waals surface area contributed by atoms with Crippen molar-refractivity contribution in [3.05, 3.63) is 82.2 Å². The number of hydrogen-bond acceptors (Lipinski definition) is 4. The van der Waals surface area contributed by atoms with Crippen LogP contribution in [0.5, 0.6) is 0 Å². The summed E-state index contributed by atoms with van der Waals surface area (Å²) >= 11 is 3.10. The Balaban J connectivity index is 1.63.